The second kappa shape index (κ2) is 5.92. The van der Waals surface area contributed by atoms with Crippen LogP contribution in [0.4, 0.5) is 5.69 Å². The van der Waals surface area contributed by atoms with E-state index in [-0.39, 0.29) is 23.0 Å². The number of halogens is 1. The molecule has 0 saturated carbocycles. The van der Waals surface area contributed by atoms with E-state index < -0.39 is 4.92 Å². The molecule has 6 nitrogen and oxygen atoms in total. The first-order valence-electron chi connectivity index (χ1n) is 5.96. The number of nitrogens with zero attached hydrogens (tertiary/aromatic N) is 1. The Labute approximate surface area is 129 Å². The summed E-state index contributed by atoms with van der Waals surface area (Å²) >= 11 is 3.29. The van der Waals surface area contributed by atoms with Crippen molar-refractivity contribution < 1.29 is 9.66 Å². The first-order valence-corrected chi connectivity index (χ1v) is 6.75. The van der Waals surface area contributed by atoms with Crippen molar-refractivity contribution in [3.63, 3.8) is 0 Å². The van der Waals surface area contributed by atoms with E-state index in [1.54, 1.807) is 31.2 Å². The van der Waals surface area contributed by atoms with Crippen LogP contribution >= 0.6 is 15.9 Å². The Hall–Kier alpha value is -2.41. The van der Waals surface area contributed by atoms with Gasteiger partial charge in [-0.25, -0.2) is 0 Å². The van der Waals surface area contributed by atoms with Gasteiger partial charge in [-0.15, -0.1) is 0 Å². The second-order valence-corrected chi connectivity index (χ2v) is 5.21. The number of nitro groups is 1. The lowest BCUT2D eigenvalue weighted by molar-refractivity contribution is -0.385. The molecule has 2 aromatic carbocycles. The second-order valence-electron chi connectivity index (χ2n) is 4.36. The van der Waals surface area contributed by atoms with Gasteiger partial charge in [0.25, 0.3) is 0 Å². The number of rotatable bonds is 4. The predicted octanol–water partition coefficient (Wildman–Crippen LogP) is 3.74. The van der Waals surface area contributed by atoms with Gasteiger partial charge in [-0.1, -0.05) is 12.1 Å². The zero-order valence-electron chi connectivity index (χ0n) is 11.1. The van der Waals surface area contributed by atoms with Gasteiger partial charge in [0.1, 0.15) is 11.6 Å². The minimum Gasteiger partial charge on any atom is -0.449 e. The summed E-state index contributed by atoms with van der Waals surface area (Å²) in [5.74, 6) is 0.197. The molecule has 0 aromatic heterocycles. The van der Waals surface area contributed by atoms with Gasteiger partial charge in [-0.05, 0) is 46.6 Å². The van der Waals surface area contributed by atoms with Crippen LogP contribution in [0.25, 0.3) is 0 Å². The molecule has 21 heavy (non-hydrogen) atoms. The summed E-state index contributed by atoms with van der Waals surface area (Å²) in [5, 5.41) is 18.7. The number of nitrogens with one attached hydrogen (secondary N) is 1. The third kappa shape index (κ3) is 3.19. The number of hydrogen-bond donors (Lipinski definition) is 2. The van der Waals surface area contributed by atoms with Crippen LogP contribution in [-0.2, 0) is 0 Å². The molecule has 7 heteroatoms. The lowest BCUT2D eigenvalue weighted by atomic mass is 10.1. The number of amidine groups is 1. The molecule has 0 heterocycles. The Bertz CT molecular complexity index is 731. The Balaban J connectivity index is 2.51. The van der Waals surface area contributed by atoms with Crippen molar-refractivity contribution in [3.8, 4) is 11.5 Å². The fourth-order valence-electron chi connectivity index (χ4n) is 1.83. The molecule has 0 atom stereocenters. The van der Waals surface area contributed by atoms with Gasteiger partial charge in [0.2, 0.25) is 5.75 Å². The standard InChI is InChI=1S/C14H12BrN3O3/c1-8-5-6-11(10(7-8)18(19)20)21-12-4-2-3-9(15)13(12)14(16)17/h2-7H,1H3,(H3,16,17). The van der Waals surface area contributed by atoms with Gasteiger partial charge >= 0.3 is 5.69 Å². The van der Waals surface area contributed by atoms with Crippen molar-refractivity contribution in [2.75, 3.05) is 0 Å². The smallest absolute Gasteiger partial charge is 0.311 e. The minimum absolute atomic E-state index is 0.103. The monoisotopic (exact) mass is 349 g/mol. The maximum Gasteiger partial charge on any atom is 0.311 e. The third-order valence-electron chi connectivity index (χ3n) is 2.78. The van der Waals surface area contributed by atoms with E-state index in [2.05, 4.69) is 15.9 Å². The number of nitro benzene ring substituents is 1. The molecule has 0 saturated heterocycles. The summed E-state index contributed by atoms with van der Waals surface area (Å²) in [6, 6.07) is 9.69. The van der Waals surface area contributed by atoms with Crippen molar-refractivity contribution >= 4 is 27.5 Å². The first-order chi connectivity index (χ1) is 9.90. The zero-order chi connectivity index (χ0) is 15.6. The molecular formula is C14H12BrN3O3. The van der Waals surface area contributed by atoms with E-state index in [4.69, 9.17) is 15.9 Å². The van der Waals surface area contributed by atoms with E-state index in [1.165, 1.54) is 12.1 Å². The molecule has 0 bridgehead atoms. The van der Waals surface area contributed by atoms with Crippen LogP contribution < -0.4 is 10.5 Å². The Morgan fingerprint density at radius 1 is 1.33 bits per heavy atom. The van der Waals surface area contributed by atoms with Gasteiger partial charge in [0.05, 0.1) is 10.5 Å². The topological polar surface area (TPSA) is 102 Å². The maximum atomic E-state index is 11.1. The summed E-state index contributed by atoms with van der Waals surface area (Å²) in [7, 11) is 0. The fourth-order valence-corrected chi connectivity index (χ4v) is 2.39. The lowest BCUT2D eigenvalue weighted by Crippen LogP contribution is -2.13. The molecule has 0 aliphatic carbocycles. The van der Waals surface area contributed by atoms with Crippen LogP contribution in [-0.4, -0.2) is 10.8 Å². The molecule has 108 valence electrons. The summed E-state index contributed by atoms with van der Waals surface area (Å²) in [4.78, 5) is 10.6. The highest BCUT2D eigenvalue weighted by atomic mass is 79.9. The lowest BCUT2D eigenvalue weighted by Gasteiger charge is -2.12. The number of aryl methyl sites for hydroxylation is 1. The predicted molar refractivity (Wildman–Crippen MR) is 83.1 cm³/mol. The van der Waals surface area contributed by atoms with Crippen molar-refractivity contribution in [3.05, 3.63) is 62.1 Å². The van der Waals surface area contributed by atoms with Crippen molar-refractivity contribution in [2.45, 2.75) is 6.92 Å². The van der Waals surface area contributed by atoms with E-state index in [0.717, 1.165) is 5.56 Å². The van der Waals surface area contributed by atoms with E-state index in [0.29, 0.717) is 10.0 Å². The molecule has 0 spiro atoms. The molecule has 0 radical (unpaired) electrons. The fraction of sp³-hybridized carbons (Fsp3) is 0.0714. The van der Waals surface area contributed by atoms with Crippen LogP contribution in [0.15, 0.2) is 40.9 Å². The Morgan fingerprint density at radius 2 is 2.05 bits per heavy atom. The van der Waals surface area contributed by atoms with Crippen LogP contribution in [0.2, 0.25) is 0 Å². The molecule has 2 rings (SSSR count). The molecule has 0 aliphatic heterocycles. The average molecular weight is 350 g/mol. The van der Waals surface area contributed by atoms with Crippen molar-refractivity contribution in [1.82, 2.24) is 0 Å². The Morgan fingerprint density at radius 3 is 2.67 bits per heavy atom. The molecule has 0 amide bonds. The highest BCUT2D eigenvalue weighted by Crippen LogP contribution is 2.35. The van der Waals surface area contributed by atoms with Crippen molar-refractivity contribution in [2.24, 2.45) is 5.73 Å². The quantitative estimate of drug-likeness (QED) is 0.379. The van der Waals surface area contributed by atoms with Gasteiger partial charge < -0.3 is 10.5 Å². The van der Waals surface area contributed by atoms with E-state index >= 15 is 0 Å². The highest BCUT2D eigenvalue weighted by molar-refractivity contribution is 9.10. The summed E-state index contributed by atoms with van der Waals surface area (Å²) < 4.78 is 6.19. The zero-order valence-corrected chi connectivity index (χ0v) is 12.7. The number of nitrogen functional groups attached to an aromatic ring is 1. The summed E-state index contributed by atoms with van der Waals surface area (Å²) in [5.41, 5.74) is 6.51. The number of hydrogen-bond acceptors (Lipinski definition) is 4. The molecule has 3 N–H and O–H groups in total. The molecule has 0 unspecified atom stereocenters. The third-order valence-corrected chi connectivity index (χ3v) is 3.44. The maximum absolute atomic E-state index is 11.1. The SMILES string of the molecule is Cc1ccc(Oc2cccc(Br)c2C(=N)N)c([N+](=O)[O-])c1. The van der Waals surface area contributed by atoms with Crippen LogP contribution in [0.3, 0.4) is 0 Å². The first kappa shape index (κ1) is 15.0. The van der Waals surface area contributed by atoms with Crippen LogP contribution in [0.1, 0.15) is 11.1 Å². The van der Waals surface area contributed by atoms with Gasteiger partial charge in [0, 0.05) is 10.5 Å². The summed E-state index contributed by atoms with van der Waals surface area (Å²) in [6.07, 6.45) is 0. The van der Waals surface area contributed by atoms with Crippen LogP contribution in [0, 0.1) is 22.4 Å². The number of ether oxygens (including phenoxy) is 1. The molecule has 0 fully saturated rings. The molecular weight excluding hydrogens is 338 g/mol. The van der Waals surface area contributed by atoms with Crippen molar-refractivity contribution in [1.29, 1.82) is 5.41 Å². The molecule has 2 aromatic rings. The van der Waals surface area contributed by atoms with Gasteiger partial charge in [-0.3, -0.25) is 15.5 Å². The van der Waals surface area contributed by atoms with E-state index in [1.807, 2.05) is 0 Å². The largest absolute Gasteiger partial charge is 0.449 e. The van der Waals surface area contributed by atoms with Gasteiger partial charge in [0.15, 0.2) is 0 Å². The van der Waals surface area contributed by atoms with Gasteiger partial charge in [-0.2, -0.15) is 0 Å². The Kier molecular flexibility index (Phi) is 4.23. The van der Waals surface area contributed by atoms with Crippen LogP contribution in [0.5, 0.6) is 11.5 Å². The van der Waals surface area contributed by atoms with E-state index in [9.17, 15) is 10.1 Å². The minimum atomic E-state index is -0.506. The summed E-state index contributed by atoms with van der Waals surface area (Å²) in [6.45, 7) is 1.76. The number of nitrogens with two attached hydrogens (primary N) is 1. The highest BCUT2D eigenvalue weighted by Gasteiger charge is 2.18. The molecule has 0 aliphatic rings. The average Bonchev–Trinajstić information content (AvgIpc) is 2.40. The normalized spacial score (nSPS) is 10.2. The number of benzene rings is 2.